The molecule has 1 aromatic heterocycles. The standard InChI is InChI=1S/C11H19N.C2H6/c1-6-11-10(8(2)3)7-9(4)12(11)5;1-2/h7-8H,6H2,1-5H3;1-2H3. The smallest absolute Gasteiger partial charge is 0.0206 e. The molecule has 0 fully saturated rings. The van der Waals surface area contributed by atoms with Crippen molar-refractivity contribution in [2.75, 3.05) is 0 Å². The minimum atomic E-state index is 0.653. The summed E-state index contributed by atoms with van der Waals surface area (Å²) in [4.78, 5) is 0. The molecule has 0 aliphatic rings. The van der Waals surface area contributed by atoms with Gasteiger partial charge >= 0.3 is 0 Å². The predicted octanol–water partition coefficient (Wildman–Crippen LogP) is 4.05. The van der Waals surface area contributed by atoms with Crippen LogP contribution < -0.4 is 0 Å². The zero-order valence-corrected chi connectivity index (χ0v) is 10.8. The second kappa shape index (κ2) is 5.90. The molecule has 0 bridgehead atoms. The van der Waals surface area contributed by atoms with E-state index in [0.29, 0.717) is 5.92 Å². The van der Waals surface area contributed by atoms with Crippen LogP contribution in [0, 0.1) is 6.92 Å². The fourth-order valence-electron chi connectivity index (χ4n) is 1.75. The van der Waals surface area contributed by atoms with Gasteiger partial charge < -0.3 is 4.57 Å². The van der Waals surface area contributed by atoms with Crippen molar-refractivity contribution < 1.29 is 0 Å². The highest BCUT2D eigenvalue weighted by Crippen LogP contribution is 2.22. The van der Waals surface area contributed by atoms with Gasteiger partial charge in [-0.1, -0.05) is 34.6 Å². The van der Waals surface area contributed by atoms with E-state index in [9.17, 15) is 0 Å². The van der Waals surface area contributed by atoms with Crippen LogP contribution >= 0.6 is 0 Å². The Morgan fingerprint density at radius 2 is 1.79 bits per heavy atom. The van der Waals surface area contributed by atoms with Crippen molar-refractivity contribution in [3.05, 3.63) is 23.0 Å². The number of rotatable bonds is 2. The molecule has 0 atom stereocenters. The van der Waals surface area contributed by atoms with Crippen LogP contribution in [0.4, 0.5) is 0 Å². The molecule has 1 nitrogen and oxygen atoms in total. The van der Waals surface area contributed by atoms with Crippen LogP contribution in [0.25, 0.3) is 0 Å². The van der Waals surface area contributed by atoms with Crippen molar-refractivity contribution >= 4 is 0 Å². The molecule has 1 aromatic rings. The zero-order chi connectivity index (χ0) is 11.3. The molecule has 0 aliphatic carbocycles. The summed E-state index contributed by atoms with van der Waals surface area (Å²) in [7, 11) is 2.15. The van der Waals surface area contributed by atoms with Crippen LogP contribution in [0.15, 0.2) is 6.07 Å². The van der Waals surface area contributed by atoms with Crippen molar-refractivity contribution in [3.8, 4) is 0 Å². The number of aryl methyl sites for hydroxylation is 1. The van der Waals surface area contributed by atoms with Gasteiger partial charge in [0.05, 0.1) is 0 Å². The molecular weight excluding hydrogens is 170 g/mol. The van der Waals surface area contributed by atoms with Gasteiger partial charge in [0.2, 0.25) is 0 Å². The highest BCUT2D eigenvalue weighted by Gasteiger charge is 2.10. The van der Waals surface area contributed by atoms with Gasteiger partial charge in [-0.3, -0.25) is 0 Å². The van der Waals surface area contributed by atoms with E-state index in [1.54, 1.807) is 0 Å². The highest BCUT2D eigenvalue weighted by molar-refractivity contribution is 5.29. The molecule has 82 valence electrons. The van der Waals surface area contributed by atoms with Crippen molar-refractivity contribution in [2.24, 2.45) is 7.05 Å². The third-order valence-corrected chi connectivity index (χ3v) is 2.59. The third kappa shape index (κ3) is 2.63. The van der Waals surface area contributed by atoms with Crippen LogP contribution in [0.2, 0.25) is 0 Å². The molecule has 0 radical (unpaired) electrons. The van der Waals surface area contributed by atoms with Gasteiger partial charge in [-0.15, -0.1) is 0 Å². The summed E-state index contributed by atoms with van der Waals surface area (Å²) in [5.41, 5.74) is 4.37. The lowest BCUT2D eigenvalue weighted by Crippen LogP contribution is -1.99. The van der Waals surface area contributed by atoms with Gasteiger partial charge in [-0.2, -0.15) is 0 Å². The largest absolute Gasteiger partial charge is 0.352 e. The van der Waals surface area contributed by atoms with Crippen LogP contribution in [0.1, 0.15) is 57.5 Å². The molecule has 1 heterocycles. The normalized spacial score (nSPS) is 10.0. The summed E-state index contributed by atoms with van der Waals surface area (Å²) in [6, 6.07) is 2.31. The molecule has 0 amide bonds. The van der Waals surface area contributed by atoms with Gasteiger partial charge in [-0.25, -0.2) is 0 Å². The SMILES string of the molecule is CC.CCc1c(C(C)C)cc(C)n1C. The molecule has 0 aromatic carbocycles. The Balaban J connectivity index is 0.000000791. The van der Waals surface area contributed by atoms with E-state index in [4.69, 9.17) is 0 Å². The Morgan fingerprint density at radius 1 is 1.29 bits per heavy atom. The molecular formula is C13H25N. The van der Waals surface area contributed by atoms with Crippen LogP contribution in [-0.2, 0) is 13.5 Å². The Kier molecular flexibility index (Phi) is 5.59. The summed E-state index contributed by atoms with van der Waals surface area (Å²) < 4.78 is 2.30. The van der Waals surface area contributed by atoms with E-state index in [1.807, 2.05) is 13.8 Å². The van der Waals surface area contributed by atoms with Gasteiger partial charge in [0.25, 0.3) is 0 Å². The van der Waals surface area contributed by atoms with E-state index in [2.05, 4.69) is 45.4 Å². The Bertz CT molecular complexity index is 269. The average Bonchev–Trinajstić information content (AvgIpc) is 2.47. The lowest BCUT2D eigenvalue weighted by atomic mass is 10.0. The number of nitrogens with zero attached hydrogens (tertiary/aromatic N) is 1. The van der Waals surface area contributed by atoms with Gasteiger partial charge in [0, 0.05) is 18.4 Å². The van der Waals surface area contributed by atoms with Crippen LogP contribution in [0.3, 0.4) is 0 Å². The first-order valence-electron chi connectivity index (χ1n) is 5.73. The maximum atomic E-state index is 2.31. The average molecular weight is 195 g/mol. The molecule has 0 aliphatic heterocycles. The molecule has 0 N–H and O–H groups in total. The number of aromatic nitrogens is 1. The van der Waals surface area contributed by atoms with E-state index in [-0.39, 0.29) is 0 Å². The van der Waals surface area contributed by atoms with Crippen LogP contribution in [-0.4, -0.2) is 4.57 Å². The first-order chi connectivity index (χ1) is 6.57. The minimum absolute atomic E-state index is 0.653. The third-order valence-electron chi connectivity index (χ3n) is 2.59. The second-order valence-corrected chi connectivity index (χ2v) is 3.76. The summed E-state index contributed by atoms with van der Waals surface area (Å²) >= 11 is 0. The fraction of sp³-hybridized carbons (Fsp3) is 0.692. The predicted molar refractivity (Wildman–Crippen MR) is 65.0 cm³/mol. The summed E-state index contributed by atoms with van der Waals surface area (Å²) in [5.74, 6) is 0.653. The van der Waals surface area contributed by atoms with Gasteiger partial charge in [0.15, 0.2) is 0 Å². The van der Waals surface area contributed by atoms with Crippen molar-refractivity contribution in [1.82, 2.24) is 4.57 Å². The quantitative estimate of drug-likeness (QED) is 0.671. The van der Waals surface area contributed by atoms with Crippen molar-refractivity contribution in [3.63, 3.8) is 0 Å². The van der Waals surface area contributed by atoms with E-state index in [0.717, 1.165) is 6.42 Å². The molecule has 0 saturated heterocycles. The second-order valence-electron chi connectivity index (χ2n) is 3.76. The lowest BCUT2D eigenvalue weighted by molar-refractivity contribution is 0.773. The Morgan fingerprint density at radius 3 is 2.07 bits per heavy atom. The topological polar surface area (TPSA) is 4.93 Å². The van der Waals surface area contributed by atoms with E-state index < -0.39 is 0 Å². The first kappa shape index (κ1) is 13.3. The van der Waals surface area contributed by atoms with Crippen LogP contribution in [0.5, 0.6) is 0 Å². The Hall–Kier alpha value is -0.720. The highest BCUT2D eigenvalue weighted by atomic mass is 15.0. The maximum Gasteiger partial charge on any atom is 0.0206 e. The summed E-state index contributed by atoms with van der Waals surface area (Å²) in [6.07, 6.45) is 1.14. The van der Waals surface area contributed by atoms with Crippen molar-refractivity contribution in [1.29, 1.82) is 0 Å². The van der Waals surface area contributed by atoms with Gasteiger partial charge in [-0.05, 0) is 30.9 Å². The minimum Gasteiger partial charge on any atom is -0.352 e. The monoisotopic (exact) mass is 195 g/mol. The molecule has 0 spiro atoms. The maximum absolute atomic E-state index is 2.31. The molecule has 0 unspecified atom stereocenters. The molecule has 1 rings (SSSR count). The molecule has 14 heavy (non-hydrogen) atoms. The summed E-state index contributed by atoms with van der Waals surface area (Å²) in [5, 5.41) is 0. The number of hydrogen-bond acceptors (Lipinski definition) is 0. The van der Waals surface area contributed by atoms with Crippen molar-refractivity contribution in [2.45, 2.75) is 53.9 Å². The fourth-order valence-corrected chi connectivity index (χ4v) is 1.75. The van der Waals surface area contributed by atoms with E-state index in [1.165, 1.54) is 17.0 Å². The molecule has 1 heteroatoms. The summed E-state index contributed by atoms with van der Waals surface area (Å²) in [6.45, 7) is 12.9. The zero-order valence-electron chi connectivity index (χ0n) is 10.8. The van der Waals surface area contributed by atoms with E-state index >= 15 is 0 Å². The number of hydrogen-bond donors (Lipinski definition) is 0. The lowest BCUT2D eigenvalue weighted by Gasteiger charge is -2.07. The first-order valence-corrected chi connectivity index (χ1v) is 5.73. The van der Waals surface area contributed by atoms with Gasteiger partial charge in [0.1, 0.15) is 0 Å². The Labute approximate surface area is 89.1 Å². The molecule has 0 saturated carbocycles.